The zero-order chi connectivity index (χ0) is 15.4. The van der Waals surface area contributed by atoms with Gasteiger partial charge < -0.3 is 5.11 Å². The lowest BCUT2D eigenvalue weighted by Crippen LogP contribution is -2.17. The smallest absolute Gasteiger partial charge is 0.335 e. The minimum atomic E-state index is -0.926. The molecule has 110 valence electrons. The zero-order valence-electron chi connectivity index (χ0n) is 11.5. The number of carboxylic acids is 1. The SMILES string of the molecule is CN(Cc1ccc(C(=O)O)cc1)Cc1ccc(F)cc1Br. The molecular weight excluding hydrogens is 337 g/mol. The van der Waals surface area contributed by atoms with E-state index in [1.165, 1.54) is 12.1 Å². The van der Waals surface area contributed by atoms with Crippen molar-refractivity contribution in [3.63, 3.8) is 0 Å². The van der Waals surface area contributed by atoms with Crippen molar-refractivity contribution in [1.82, 2.24) is 4.90 Å². The predicted molar refractivity (Wildman–Crippen MR) is 82.7 cm³/mol. The van der Waals surface area contributed by atoms with Crippen molar-refractivity contribution in [3.8, 4) is 0 Å². The number of aromatic carboxylic acids is 1. The fraction of sp³-hybridized carbons (Fsp3) is 0.188. The second-order valence-corrected chi connectivity index (χ2v) is 5.76. The lowest BCUT2D eigenvalue weighted by Gasteiger charge is -2.18. The first-order valence-electron chi connectivity index (χ1n) is 6.40. The summed E-state index contributed by atoms with van der Waals surface area (Å²) < 4.78 is 13.8. The average Bonchev–Trinajstić information content (AvgIpc) is 2.42. The first kappa shape index (κ1) is 15.7. The molecule has 0 atom stereocenters. The van der Waals surface area contributed by atoms with E-state index in [1.54, 1.807) is 30.3 Å². The van der Waals surface area contributed by atoms with Gasteiger partial charge in [-0.15, -0.1) is 0 Å². The van der Waals surface area contributed by atoms with Crippen molar-refractivity contribution in [2.24, 2.45) is 0 Å². The van der Waals surface area contributed by atoms with Crippen LogP contribution in [0.1, 0.15) is 21.5 Å². The Kier molecular flexibility index (Phi) is 5.09. The molecule has 0 spiro atoms. The summed E-state index contributed by atoms with van der Waals surface area (Å²) in [5.74, 6) is -1.19. The van der Waals surface area contributed by atoms with E-state index >= 15 is 0 Å². The molecule has 0 aliphatic heterocycles. The summed E-state index contributed by atoms with van der Waals surface area (Å²) in [5, 5.41) is 8.86. The van der Waals surface area contributed by atoms with Crippen LogP contribution in [0.15, 0.2) is 46.9 Å². The van der Waals surface area contributed by atoms with Gasteiger partial charge in [-0.3, -0.25) is 4.90 Å². The number of hydrogen-bond donors (Lipinski definition) is 1. The molecule has 21 heavy (non-hydrogen) atoms. The first-order valence-corrected chi connectivity index (χ1v) is 7.19. The van der Waals surface area contributed by atoms with Crippen LogP contribution in [0.25, 0.3) is 0 Å². The molecule has 0 bridgehead atoms. The molecule has 0 unspecified atom stereocenters. The Morgan fingerprint density at radius 1 is 1.19 bits per heavy atom. The Balaban J connectivity index is 2.01. The third-order valence-corrected chi connectivity index (χ3v) is 3.85. The summed E-state index contributed by atoms with van der Waals surface area (Å²) in [5.41, 5.74) is 2.31. The summed E-state index contributed by atoms with van der Waals surface area (Å²) in [7, 11) is 1.96. The van der Waals surface area contributed by atoms with Gasteiger partial charge in [-0.1, -0.05) is 34.1 Å². The van der Waals surface area contributed by atoms with E-state index in [0.29, 0.717) is 13.1 Å². The quantitative estimate of drug-likeness (QED) is 0.887. The minimum Gasteiger partial charge on any atom is -0.478 e. The molecule has 0 saturated heterocycles. The van der Waals surface area contributed by atoms with Crippen LogP contribution in [-0.2, 0) is 13.1 Å². The fourth-order valence-corrected chi connectivity index (χ4v) is 2.54. The normalized spacial score (nSPS) is 10.9. The second kappa shape index (κ2) is 6.83. The van der Waals surface area contributed by atoms with Crippen LogP contribution in [0.2, 0.25) is 0 Å². The molecule has 1 N–H and O–H groups in total. The molecule has 0 amide bonds. The molecule has 0 aliphatic rings. The maximum Gasteiger partial charge on any atom is 0.335 e. The van der Waals surface area contributed by atoms with Crippen molar-refractivity contribution in [2.45, 2.75) is 13.1 Å². The van der Waals surface area contributed by atoms with Crippen LogP contribution >= 0.6 is 15.9 Å². The van der Waals surface area contributed by atoms with Crippen molar-refractivity contribution in [1.29, 1.82) is 0 Å². The summed E-state index contributed by atoms with van der Waals surface area (Å²) in [6.07, 6.45) is 0. The maximum absolute atomic E-state index is 13.0. The van der Waals surface area contributed by atoms with Gasteiger partial charge in [-0.25, -0.2) is 9.18 Å². The third kappa shape index (κ3) is 4.37. The van der Waals surface area contributed by atoms with Crippen LogP contribution in [0.4, 0.5) is 4.39 Å². The Morgan fingerprint density at radius 2 is 1.86 bits per heavy atom. The molecule has 0 aliphatic carbocycles. The zero-order valence-corrected chi connectivity index (χ0v) is 13.1. The number of benzene rings is 2. The number of halogens is 2. The standard InChI is InChI=1S/C16H15BrFNO2/c1-19(10-13-6-7-14(18)8-15(13)17)9-11-2-4-12(5-3-11)16(20)21/h2-8H,9-10H2,1H3,(H,20,21). The second-order valence-electron chi connectivity index (χ2n) is 4.91. The van der Waals surface area contributed by atoms with Crippen LogP contribution in [0, 0.1) is 5.82 Å². The van der Waals surface area contributed by atoms with Gasteiger partial charge in [0.2, 0.25) is 0 Å². The van der Waals surface area contributed by atoms with Crippen molar-refractivity contribution in [3.05, 3.63) is 69.4 Å². The van der Waals surface area contributed by atoms with Gasteiger partial charge in [0.05, 0.1) is 5.56 Å². The number of hydrogen-bond acceptors (Lipinski definition) is 2. The number of carbonyl (C=O) groups is 1. The Bertz CT molecular complexity index is 643. The lowest BCUT2D eigenvalue weighted by molar-refractivity contribution is 0.0697. The molecule has 2 aromatic rings. The Labute approximate surface area is 131 Å². The number of rotatable bonds is 5. The summed E-state index contributed by atoms with van der Waals surface area (Å²) in [6, 6.07) is 11.4. The van der Waals surface area contributed by atoms with Crippen molar-refractivity contribution >= 4 is 21.9 Å². The van der Waals surface area contributed by atoms with E-state index in [9.17, 15) is 9.18 Å². The van der Waals surface area contributed by atoms with Gasteiger partial charge in [0, 0.05) is 17.6 Å². The van der Waals surface area contributed by atoms with Gasteiger partial charge in [-0.05, 0) is 42.4 Å². The van der Waals surface area contributed by atoms with Crippen LogP contribution in [0.3, 0.4) is 0 Å². The van der Waals surface area contributed by atoms with E-state index < -0.39 is 5.97 Å². The number of carboxylic acid groups (broad SMARTS) is 1. The third-order valence-electron chi connectivity index (χ3n) is 3.11. The largest absolute Gasteiger partial charge is 0.478 e. The van der Waals surface area contributed by atoms with Crippen LogP contribution < -0.4 is 0 Å². The molecule has 2 aromatic carbocycles. The minimum absolute atomic E-state index is 0.266. The van der Waals surface area contributed by atoms with Gasteiger partial charge in [0.1, 0.15) is 5.82 Å². The Morgan fingerprint density at radius 3 is 2.43 bits per heavy atom. The van der Waals surface area contributed by atoms with Gasteiger partial charge in [-0.2, -0.15) is 0 Å². The Hall–Kier alpha value is -1.72. The first-order chi connectivity index (χ1) is 9.95. The topological polar surface area (TPSA) is 40.5 Å². The van der Waals surface area contributed by atoms with Crippen LogP contribution in [0.5, 0.6) is 0 Å². The summed E-state index contributed by atoms with van der Waals surface area (Å²) in [4.78, 5) is 12.9. The highest BCUT2D eigenvalue weighted by Gasteiger charge is 2.07. The van der Waals surface area contributed by atoms with E-state index in [-0.39, 0.29) is 11.4 Å². The highest BCUT2D eigenvalue weighted by molar-refractivity contribution is 9.10. The molecule has 0 radical (unpaired) electrons. The molecule has 5 heteroatoms. The van der Waals surface area contributed by atoms with E-state index in [4.69, 9.17) is 5.11 Å². The molecule has 0 aromatic heterocycles. The average molecular weight is 352 g/mol. The molecule has 0 saturated carbocycles. The van der Waals surface area contributed by atoms with Crippen molar-refractivity contribution < 1.29 is 14.3 Å². The number of nitrogens with zero attached hydrogens (tertiary/aromatic N) is 1. The van der Waals surface area contributed by atoms with E-state index in [0.717, 1.165) is 15.6 Å². The summed E-state index contributed by atoms with van der Waals surface area (Å²) in [6.45, 7) is 1.35. The van der Waals surface area contributed by atoms with E-state index in [2.05, 4.69) is 20.8 Å². The van der Waals surface area contributed by atoms with Gasteiger partial charge >= 0.3 is 5.97 Å². The molecule has 2 rings (SSSR count). The van der Waals surface area contributed by atoms with Gasteiger partial charge in [0.25, 0.3) is 0 Å². The summed E-state index contributed by atoms with van der Waals surface area (Å²) >= 11 is 3.35. The molecule has 0 heterocycles. The van der Waals surface area contributed by atoms with Crippen LogP contribution in [-0.4, -0.2) is 23.0 Å². The highest BCUT2D eigenvalue weighted by atomic mass is 79.9. The highest BCUT2D eigenvalue weighted by Crippen LogP contribution is 2.20. The van der Waals surface area contributed by atoms with Crippen molar-refractivity contribution in [2.75, 3.05) is 7.05 Å². The predicted octanol–water partition coefficient (Wildman–Crippen LogP) is 3.92. The fourth-order valence-electron chi connectivity index (χ4n) is 2.06. The van der Waals surface area contributed by atoms with E-state index in [1.807, 2.05) is 7.05 Å². The molecule has 0 fully saturated rings. The lowest BCUT2D eigenvalue weighted by atomic mass is 10.1. The maximum atomic E-state index is 13.0. The molecular formula is C16H15BrFNO2. The monoisotopic (exact) mass is 351 g/mol. The molecule has 3 nitrogen and oxygen atoms in total. The van der Waals surface area contributed by atoms with Gasteiger partial charge in [0.15, 0.2) is 0 Å².